The van der Waals surface area contributed by atoms with Crippen molar-refractivity contribution >= 4 is 0 Å². The molecule has 2 bridgehead atoms. The Morgan fingerprint density at radius 1 is 1.06 bits per heavy atom. The van der Waals surface area contributed by atoms with Gasteiger partial charge in [0.15, 0.2) is 0 Å². The molecule has 0 aliphatic heterocycles. The lowest BCUT2D eigenvalue weighted by Crippen LogP contribution is -2.32. The van der Waals surface area contributed by atoms with Crippen molar-refractivity contribution in [3.05, 3.63) is 0 Å². The van der Waals surface area contributed by atoms with Crippen molar-refractivity contribution < 1.29 is 0 Å². The van der Waals surface area contributed by atoms with Crippen LogP contribution >= 0.6 is 0 Å². The van der Waals surface area contributed by atoms with Crippen molar-refractivity contribution in [3.8, 4) is 0 Å². The molecule has 0 aromatic carbocycles. The number of hydrogen-bond donors (Lipinski definition) is 1. The van der Waals surface area contributed by atoms with Gasteiger partial charge in [-0.05, 0) is 68.1 Å². The maximum absolute atomic E-state index is 6.45. The maximum atomic E-state index is 6.45. The highest BCUT2D eigenvalue weighted by atomic mass is 14.7. The lowest BCUT2D eigenvalue weighted by atomic mass is 9.81. The monoisotopic (exact) mass is 221 g/mol. The van der Waals surface area contributed by atoms with Gasteiger partial charge in [-0.25, -0.2) is 0 Å². The van der Waals surface area contributed by atoms with Gasteiger partial charge in [0.25, 0.3) is 0 Å². The molecular formula is C15H27N. The van der Waals surface area contributed by atoms with E-state index in [9.17, 15) is 0 Å². The number of rotatable bonds is 3. The smallest absolute Gasteiger partial charge is 0.00700 e. The van der Waals surface area contributed by atoms with Crippen LogP contribution in [0.4, 0.5) is 0 Å². The Morgan fingerprint density at radius 3 is 2.50 bits per heavy atom. The minimum atomic E-state index is 0.522. The lowest BCUT2D eigenvalue weighted by Gasteiger charge is -2.27. The van der Waals surface area contributed by atoms with Crippen molar-refractivity contribution in [3.63, 3.8) is 0 Å². The molecule has 0 spiro atoms. The number of hydrogen-bond acceptors (Lipinski definition) is 1. The Morgan fingerprint density at radius 2 is 1.94 bits per heavy atom. The topological polar surface area (TPSA) is 26.0 Å². The molecule has 6 unspecified atom stereocenters. The van der Waals surface area contributed by atoms with Gasteiger partial charge in [-0.2, -0.15) is 0 Å². The Kier molecular flexibility index (Phi) is 2.99. The van der Waals surface area contributed by atoms with E-state index in [1.165, 1.54) is 44.9 Å². The first-order chi connectivity index (χ1) is 7.72. The highest BCUT2D eigenvalue weighted by Gasteiger charge is 2.40. The number of nitrogens with two attached hydrogens (primary N) is 1. The summed E-state index contributed by atoms with van der Waals surface area (Å²) in [6, 6.07) is 0.522. The van der Waals surface area contributed by atoms with Crippen LogP contribution in [0.3, 0.4) is 0 Å². The second-order valence-corrected chi connectivity index (χ2v) is 7.01. The van der Waals surface area contributed by atoms with Crippen molar-refractivity contribution in [2.24, 2.45) is 35.3 Å². The molecular weight excluding hydrogens is 194 g/mol. The van der Waals surface area contributed by atoms with Gasteiger partial charge < -0.3 is 5.73 Å². The highest BCUT2D eigenvalue weighted by molar-refractivity contribution is 4.93. The van der Waals surface area contributed by atoms with E-state index in [0.717, 1.165) is 29.6 Å². The molecule has 2 N–H and O–H groups in total. The summed E-state index contributed by atoms with van der Waals surface area (Å²) in [7, 11) is 0. The molecule has 3 fully saturated rings. The van der Waals surface area contributed by atoms with E-state index in [-0.39, 0.29) is 0 Å². The summed E-state index contributed by atoms with van der Waals surface area (Å²) < 4.78 is 0. The minimum Gasteiger partial charge on any atom is -0.327 e. The molecule has 0 radical (unpaired) electrons. The highest BCUT2D eigenvalue weighted by Crippen LogP contribution is 2.50. The zero-order valence-corrected chi connectivity index (χ0v) is 10.7. The van der Waals surface area contributed by atoms with Crippen LogP contribution in [0.5, 0.6) is 0 Å². The molecule has 0 aromatic heterocycles. The second kappa shape index (κ2) is 4.33. The van der Waals surface area contributed by atoms with Crippen LogP contribution in [0.25, 0.3) is 0 Å². The summed E-state index contributed by atoms with van der Waals surface area (Å²) in [5.41, 5.74) is 6.45. The average molecular weight is 221 g/mol. The standard InChI is InChI=1S/C15H27N/c1-10-2-4-13(6-10)15(16)9-14-8-11-3-5-12(14)7-11/h10-15H,2-9,16H2,1H3. The van der Waals surface area contributed by atoms with E-state index < -0.39 is 0 Å². The van der Waals surface area contributed by atoms with Crippen LogP contribution in [-0.4, -0.2) is 6.04 Å². The summed E-state index contributed by atoms with van der Waals surface area (Å²) in [5.74, 6) is 4.95. The normalized spacial score (nSPS) is 48.8. The first kappa shape index (κ1) is 11.1. The molecule has 3 rings (SSSR count). The largest absolute Gasteiger partial charge is 0.327 e. The van der Waals surface area contributed by atoms with Gasteiger partial charge in [0.2, 0.25) is 0 Å². The van der Waals surface area contributed by atoms with E-state index >= 15 is 0 Å². The van der Waals surface area contributed by atoms with Gasteiger partial charge in [0, 0.05) is 6.04 Å². The molecule has 1 nitrogen and oxygen atoms in total. The van der Waals surface area contributed by atoms with Gasteiger partial charge in [-0.3, -0.25) is 0 Å². The average Bonchev–Trinajstić information content (AvgIpc) is 2.92. The first-order valence-electron chi connectivity index (χ1n) is 7.48. The van der Waals surface area contributed by atoms with Crippen molar-refractivity contribution in [2.75, 3.05) is 0 Å². The van der Waals surface area contributed by atoms with Crippen LogP contribution in [-0.2, 0) is 0 Å². The third-order valence-corrected chi connectivity index (χ3v) is 5.80. The van der Waals surface area contributed by atoms with E-state index in [1.807, 2.05) is 0 Å². The predicted molar refractivity (Wildman–Crippen MR) is 68.0 cm³/mol. The SMILES string of the molecule is CC1CCC(C(N)CC2CC3CCC2C3)C1. The van der Waals surface area contributed by atoms with Crippen molar-refractivity contribution in [2.45, 2.75) is 64.3 Å². The van der Waals surface area contributed by atoms with Gasteiger partial charge in [0.1, 0.15) is 0 Å². The zero-order chi connectivity index (χ0) is 11.1. The Balaban J connectivity index is 1.51. The van der Waals surface area contributed by atoms with Crippen LogP contribution in [0.2, 0.25) is 0 Å². The predicted octanol–water partition coefficient (Wildman–Crippen LogP) is 3.58. The Labute approximate surface area is 100 Å². The Bertz CT molecular complexity index is 250. The third kappa shape index (κ3) is 2.03. The van der Waals surface area contributed by atoms with Crippen LogP contribution < -0.4 is 5.73 Å². The summed E-state index contributed by atoms with van der Waals surface area (Å²) in [6.45, 7) is 2.39. The van der Waals surface area contributed by atoms with E-state index in [0.29, 0.717) is 6.04 Å². The van der Waals surface area contributed by atoms with Gasteiger partial charge in [-0.15, -0.1) is 0 Å². The van der Waals surface area contributed by atoms with Crippen LogP contribution in [0.15, 0.2) is 0 Å². The fourth-order valence-electron chi connectivity index (χ4n) is 4.85. The molecule has 0 amide bonds. The van der Waals surface area contributed by atoms with Crippen molar-refractivity contribution in [1.29, 1.82) is 0 Å². The molecule has 1 heteroatoms. The van der Waals surface area contributed by atoms with Crippen LogP contribution in [0, 0.1) is 29.6 Å². The Hall–Kier alpha value is -0.0400. The minimum absolute atomic E-state index is 0.522. The first-order valence-corrected chi connectivity index (χ1v) is 7.48. The molecule has 0 saturated heterocycles. The van der Waals surface area contributed by atoms with Crippen LogP contribution in [0.1, 0.15) is 58.3 Å². The quantitative estimate of drug-likeness (QED) is 0.774. The van der Waals surface area contributed by atoms with Gasteiger partial charge >= 0.3 is 0 Å². The lowest BCUT2D eigenvalue weighted by molar-refractivity contribution is 0.261. The second-order valence-electron chi connectivity index (χ2n) is 7.01. The molecule has 3 aliphatic carbocycles. The molecule has 0 aromatic rings. The fraction of sp³-hybridized carbons (Fsp3) is 1.00. The maximum Gasteiger partial charge on any atom is 0.00700 e. The van der Waals surface area contributed by atoms with E-state index in [2.05, 4.69) is 6.92 Å². The fourth-order valence-corrected chi connectivity index (χ4v) is 4.85. The summed E-state index contributed by atoms with van der Waals surface area (Å²) in [4.78, 5) is 0. The number of fused-ring (bicyclic) bond motifs is 2. The molecule has 3 saturated carbocycles. The summed E-state index contributed by atoms with van der Waals surface area (Å²) in [5, 5.41) is 0. The molecule has 16 heavy (non-hydrogen) atoms. The molecule has 6 atom stereocenters. The van der Waals surface area contributed by atoms with Gasteiger partial charge in [-0.1, -0.05) is 19.8 Å². The van der Waals surface area contributed by atoms with Crippen molar-refractivity contribution in [1.82, 2.24) is 0 Å². The summed E-state index contributed by atoms with van der Waals surface area (Å²) >= 11 is 0. The molecule has 92 valence electrons. The zero-order valence-electron chi connectivity index (χ0n) is 10.7. The molecule has 0 heterocycles. The summed E-state index contributed by atoms with van der Waals surface area (Å²) in [6.07, 6.45) is 11.7. The van der Waals surface area contributed by atoms with E-state index in [1.54, 1.807) is 6.42 Å². The molecule has 3 aliphatic rings. The van der Waals surface area contributed by atoms with E-state index in [4.69, 9.17) is 5.73 Å². The van der Waals surface area contributed by atoms with Gasteiger partial charge in [0.05, 0.1) is 0 Å². The third-order valence-electron chi connectivity index (χ3n) is 5.80.